The van der Waals surface area contributed by atoms with Gasteiger partial charge in [-0.05, 0) is 42.8 Å². The van der Waals surface area contributed by atoms with Crippen molar-refractivity contribution in [2.75, 3.05) is 20.8 Å². The molecule has 0 spiro atoms. The van der Waals surface area contributed by atoms with Crippen molar-refractivity contribution >= 4 is 27.5 Å². The Kier molecular flexibility index (Phi) is 6.07. The van der Waals surface area contributed by atoms with E-state index < -0.39 is 0 Å². The first kappa shape index (κ1) is 18.2. The van der Waals surface area contributed by atoms with Gasteiger partial charge in [-0.15, -0.1) is 11.3 Å². The molecule has 0 bridgehead atoms. The molecule has 0 fully saturated rings. The van der Waals surface area contributed by atoms with E-state index in [9.17, 15) is 4.79 Å². The van der Waals surface area contributed by atoms with Gasteiger partial charge < -0.3 is 14.4 Å². The first-order valence-electron chi connectivity index (χ1n) is 8.51. The van der Waals surface area contributed by atoms with E-state index in [-0.39, 0.29) is 5.91 Å². The summed E-state index contributed by atoms with van der Waals surface area (Å²) in [6, 6.07) is 15.5. The first-order valence-corrected chi connectivity index (χ1v) is 9.32. The molecule has 1 aromatic heterocycles. The molecule has 3 aromatic rings. The van der Waals surface area contributed by atoms with Crippen LogP contribution in [0, 0.1) is 0 Å². The van der Waals surface area contributed by atoms with E-state index in [1.165, 1.54) is 0 Å². The van der Waals surface area contributed by atoms with Crippen molar-refractivity contribution in [1.29, 1.82) is 0 Å². The lowest BCUT2D eigenvalue weighted by molar-refractivity contribution is -0.130. The average molecular weight is 370 g/mol. The van der Waals surface area contributed by atoms with Gasteiger partial charge in [0.15, 0.2) is 0 Å². The molecule has 0 N–H and O–H groups in total. The van der Waals surface area contributed by atoms with Crippen molar-refractivity contribution in [3.05, 3.63) is 53.5 Å². The second-order valence-electron chi connectivity index (χ2n) is 5.95. The fourth-order valence-electron chi connectivity index (χ4n) is 2.55. The number of rotatable bonds is 8. The first-order chi connectivity index (χ1) is 12.7. The van der Waals surface area contributed by atoms with Crippen LogP contribution < -0.4 is 9.47 Å². The highest BCUT2D eigenvalue weighted by Gasteiger charge is 2.12. The van der Waals surface area contributed by atoms with Gasteiger partial charge in [0.25, 0.3) is 0 Å². The second-order valence-corrected chi connectivity index (χ2v) is 7.07. The maximum atomic E-state index is 12.3. The Hall–Kier alpha value is -2.60. The maximum absolute atomic E-state index is 12.3. The molecule has 2 aromatic carbocycles. The fraction of sp³-hybridized carbons (Fsp3) is 0.300. The summed E-state index contributed by atoms with van der Waals surface area (Å²) in [5.41, 5.74) is 0.987. The average Bonchev–Trinajstić information content (AvgIpc) is 3.07. The lowest BCUT2D eigenvalue weighted by atomic mass is 10.3. The molecule has 1 amide bonds. The number of methoxy groups -OCH3 is 1. The van der Waals surface area contributed by atoms with E-state index in [4.69, 9.17) is 9.47 Å². The molecular weight excluding hydrogens is 348 g/mol. The number of hydrogen-bond acceptors (Lipinski definition) is 5. The van der Waals surface area contributed by atoms with Crippen LogP contribution in [-0.4, -0.2) is 36.6 Å². The predicted molar refractivity (Wildman–Crippen MR) is 104 cm³/mol. The molecule has 0 aliphatic rings. The monoisotopic (exact) mass is 370 g/mol. The minimum absolute atomic E-state index is 0.0996. The Morgan fingerprint density at radius 2 is 1.85 bits per heavy atom. The fourth-order valence-corrected chi connectivity index (χ4v) is 3.58. The molecular formula is C20H22N2O3S. The van der Waals surface area contributed by atoms with Crippen molar-refractivity contribution in [1.82, 2.24) is 9.88 Å². The summed E-state index contributed by atoms with van der Waals surface area (Å²) in [6.07, 6.45) is 1.13. The van der Waals surface area contributed by atoms with Gasteiger partial charge in [-0.1, -0.05) is 12.1 Å². The number of benzene rings is 2. The van der Waals surface area contributed by atoms with Crippen molar-refractivity contribution in [3.63, 3.8) is 0 Å². The zero-order valence-electron chi connectivity index (χ0n) is 15.0. The second kappa shape index (κ2) is 8.67. The summed E-state index contributed by atoms with van der Waals surface area (Å²) < 4.78 is 11.9. The van der Waals surface area contributed by atoms with Crippen LogP contribution in [0.25, 0.3) is 10.2 Å². The summed E-state index contributed by atoms with van der Waals surface area (Å²) in [7, 11) is 3.45. The van der Waals surface area contributed by atoms with Crippen molar-refractivity contribution < 1.29 is 14.3 Å². The van der Waals surface area contributed by atoms with Crippen LogP contribution in [-0.2, 0) is 11.3 Å². The van der Waals surface area contributed by atoms with Gasteiger partial charge in [0, 0.05) is 13.5 Å². The molecule has 136 valence electrons. The third-order valence-corrected chi connectivity index (χ3v) is 5.02. The summed E-state index contributed by atoms with van der Waals surface area (Å²) in [6.45, 7) is 1.05. The normalized spacial score (nSPS) is 10.7. The molecule has 6 heteroatoms. The number of nitrogens with zero attached hydrogens (tertiary/aromatic N) is 2. The maximum Gasteiger partial charge on any atom is 0.222 e. The Morgan fingerprint density at radius 1 is 1.12 bits per heavy atom. The Bertz CT molecular complexity index is 828. The lowest BCUT2D eigenvalue weighted by Crippen LogP contribution is -2.26. The molecule has 0 aliphatic carbocycles. The van der Waals surface area contributed by atoms with Gasteiger partial charge in [-0.25, -0.2) is 4.98 Å². The lowest BCUT2D eigenvalue weighted by Gasteiger charge is -2.15. The van der Waals surface area contributed by atoms with Crippen LogP contribution in [0.1, 0.15) is 17.8 Å². The number of carbonyl (C=O) groups is 1. The molecule has 0 unspecified atom stereocenters. The molecule has 0 aliphatic heterocycles. The summed E-state index contributed by atoms with van der Waals surface area (Å²) in [5, 5.41) is 0.955. The zero-order chi connectivity index (χ0) is 18.4. The number of amides is 1. The largest absolute Gasteiger partial charge is 0.497 e. The van der Waals surface area contributed by atoms with E-state index >= 15 is 0 Å². The number of thiazole rings is 1. The molecule has 3 rings (SSSR count). The molecule has 0 atom stereocenters. The number of ether oxygens (including phenoxy) is 2. The highest BCUT2D eigenvalue weighted by Crippen LogP contribution is 2.22. The van der Waals surface area contributed by atoms with Crippen molar-refractivity contribution in [2.24, 2.45) is 0 Å². The van der Waals surface area contributed by atoms with Gasteiger partial charge in [0.05, 0.1) is 30.5 Å². The highest BCUT2D eigenvalue weighted by atomic mass is 32.1. The quantitative estimate of drug-likeness (QED) is 0.560. The Morgan fingerprint density at radius 3 is 2.58 bits per heavy atom. The van der Waals surface area contributed by atoms with Crippen LogP contribution >= 0.6 is 11.3 Å². The van der Waals surface area contributed by atoms with Crippen LogP contribution in [0.15, 0.2) is 48.5 Å². The smallest absolute Gasteiger partial charge is 0.222 e. The minimum atomic E-state index is 0.0996. The molecule has 5 nitrogen and oxygen atoms in total. The van der Waals surface area contributed by atoms with E-state index in [1.807, 2.05) is 49.5 Å². The topological polar surface area (TPSA) is 51.7 Å². The Labute approximate surface area is 157 Å². The third-order valence-electron chi connectivity index (χ3n) is 4.00. The van der Waals surface area contributed by atoms with Gasteiger partial charge in [0.1, 0.15) is 16.5 Å². The summed E-state index contributed by atoms with van der Waals surface area (Å²) in [4.78, 5) is 18.6. The molecule has 26 heavy (non-hydrogen) atoms. The zero-order valence-corrected chi connectivity index (χ0v) is 15.8. The van der Waals surface area contributed by atoms with Crippen LogP contribution in [0.3, 0.4) is 0 Å². The molecule has 1 heterocycles. The molecule has 0 radical (unpaired) electrons. The molecule has 0 saturated carbocycles. The van der Waals surface area contributed by atoms with Crippen molar-refractivity contribution in [2.45, 2.75) is 19.4 Å². The number of hydrogen-bond donors (Lipinski definition) is 0. The van der Waals surface area contributed by atoms with E-state index in [1.54, 1.807) is 23.3 Å². The third kappa shape index (κ3) is 4.73. The van der Waals surface area contributed by atoms with E-state index in [0.717, 1.165) is 26.7 Å². The van der Waals surface area contributed by atoms with Crippen LogP contribution in [0.4, 0.5) is 0 Å². The van der Waals surface area contributed by atoms with Crippen LogP contribution in [0.2, 0.25) is 0 Å². The Balaban J connectivity index is 1.42. The number of para-hydroxylation sites is 1. The minimum Gasteiger partial charge on any atom is -0.497 e. The number of aromatic nitrogens is 1. The van der Waals surface area contributed by atoms with Gasteiger partial charge in [-0.2, -0.15) is 0 Å². The van der Waals surface area contributed by atoms with E-state index in [2.05, 4.69) is 11.1 Å². The van der Waals surface area contributed by atoms with Gasteiger partial charge in [-0.3, -0.25) is 4.79 Å². The van der Waals surface area contributed by atoms with Gasteiger partial charge in [0.2, 0.25) is 5.91 Å². The standard InChI is InChI=1S/C20H22N2O3S/c1-22(14-19-21-17-6-3-4-7-18(17)26-19)20(23)8-5-13-25-16-11-9-15(24-2)10-12-16/h3-4,6-7,9-12H,5,8,13-14H2,1-2H3. The number of carbonyl (C=O) groups excluding carboxylic acids is 1. The number of fused-ring (bicyclic) bond motifs is 1. The van der Waals surface area contributed by atoms with Crippen molar-refractivity contribution in [3.8, 4) is 11.5 Å². The molecule has 0 saturated heterocycles. The highest BCUT2D eigenvalue weighted by molar-refractivity contribution is 7.18. The summed E-state index contributed by atoms with van der Waals surface area (Å²) in [5.74, 6) is 1.67. The SMILES string of the molecule is COc1ccc(OCCCC(=O)N(C)Cc2nc3ccccc3s2)cc1. The van der Waals surface area contributed by atoms with Gasteiger partial charge >= 0.3 is 0 Å². The van der Waals surface area contributed by atoms with Crippen LogP contribution in [0.5, 0.6) is 11.5 Å². The summed E-state index contributed by atoms with van der Waals surface area (Å²) >= 11 is 1.63. The predicted octanol–water partition coefficient (Wildman–Crippen LogP) is 4.12. The van der Waals surface area contributed by atoms with E-state index in [0.29, 0.717) is 26.0 Å².